The molecule has 0 fully saturated rings. The van der Waals surface area contributed by atoms with Crippen molar-refractivity contribution in [3.05, 3.63) is 81.8 Å². The van der Waals surface area contributed by atoms with E-state index in [9.17, 15) is 13.6 Å². The molecule has 0 spiro atoms. The number of aromatic amines is 1. The van der Waals surface area contributed by atoms with Crippen molar-refractivity contribution in [1.82, 2.24) is 20.1 Å². The van der Waals surface area contributed by atoms with Gasteiger partial charge in [0.05, 0.1) is 17.0 Å². The number of aryl methyl sites for hydroxylation is 3. The molecule has 0 unspecified atom stereocenters. The van der Waals surface area contributed by atoms with E-state index in [0.29, 0.717) is 23.5 Å². The molecule has 0 saturated carbocycles. The van der Waals surface area contributed by atoms with Crippen molar-refractivity contribution in [3.8, 4) is 5.69 Å². The van der Waals surface area contributed by atoms with Gasteiger partial charge >= 0.3 is 0 Å². The zero-order chi connectivity index (χ0) is 21.6. The van der Waals surface area contributed by atoms with E-state index in [-0.39, 0.29) is 11.6 Å². The average molecular weight is 408 g/mol. The highest BCUT2D eigenvalue weighted by Gasteiger charge is 2.21. The average Bonchev–Trinajstić information content (AvgIpc) is 3.15. The lowest BCUT2D eigenvalue weighted by atomic mass is 10.1. The number of halogens is 2. The van der Waals surface area contributed by atoms with Crippen LogP contribution in [0.4, 0.5) is 8.78 Å². The van der Waals surface area contributed by atoms with Crippen LogP contribution in [-0.2, 0) is 6.54 Å². The van der Waals surface area contributed by atoms with E-state index >= 15 is 0 Å². The van der Waals surface area contributed by atoms with Crippen LogP contribution in [-0.4, -0.2) is 20.7 Å². The number of carbonyl (C=O) groups excluding carboxylic acids is 1. The normalized spacial score (nSPS) is 11.3. The van der Waals surface area contributed by atoms with Gasteiger partial charge in [-0.15, -0.1) is 0 Å². The molecule has 0 radical (unpaired) electrons. The highest BCUT2D eigenvalue weighted by Crippen LogP contribution is 2.23. The van der Waals surface area contributed by atoms with Gasteiger partial charge in [0.1, 0.15) is 11.5 Å². The van der Waals surface area contributed by atoms with Crippen LogP contribution < -0.4 is 5.32 Å². The van der Waals surface area contributed by atoms with Gasteiger partial charge in [0, 0.05) is 29.2 Å². The molecule has 2 heterocycles. The highest BCUT2D eigenvalue weighted by atomic mass is 19.1. The molecule has 0 saturated heterocycles. The third kappa shape index (κ3) is 3.36. The van der Waals surface area contributed by atoms with Gasteiger partial charge in [0.15, 0.2) is 5.82 Å². The Morgan fingerprint density at radius 3 is 2.60 bits per heavy atom. The summed E-state index contributed by atoms with van der Waals surface area (Å²) in [5.41, 5.74) is 5.79. The first kappa shape index (κ1) is 19.8. The van der Waals surface area contributed by atoms with Gasteiger partial charge < -0.3 is 10.3 Å². The minimum absolute atomic E-state index is 0.0970. The lowest BCUT2D eigenvalue weighted by Crippen LogP contribution is -2.24. The van der Waals surface area contributed by atoms with Gasteiger partial charge in [0.25, 0.3) is 5.91 Å². The first-order chi connectivity index (χ1) is 14.3. The number of amides is 1. The van der Waals surface area contributed by atoms with Gasteiger partial charge in [-0.1, -0.05) is 6.07 Å². The molecular formula is C23H22F2N4O. The van der Waals surface area contributed by atoms with E-state index in [1.807, 2.05) is 19.1 Å². The van der Waals surface area contributed by atoms with Crippen LogP contribution >= 0.6 is 0 Å². The molecule has 0 bridgehead atoms. The van der Waals surface area contributed by atoms with E-state index in [4.69, 9.17) is 0 Å². The molecule has 2 N–H and O–H groups in total. The van der Waals surface area contributed by atoms with E-state index in [1.54, 1.807) is 13.8 Å². The third-order valence-electron chi connectivity index (χ3n) is 5.48. The number of hydrogen-bond donors (Lipinski definition) is 2. The Morgan fingerprint density at radius 2 is 1.87 bits per heavy atom. The van der Waals surface area contributed by atoms with Gasteiger partial charge in [-0.25, -0.2) is 13.5 Å². The second kappa shape index (κ2) is 7.40. The van der Waals surface area contributed by atoms with E-state index in [1.165, 1.54) is 16.3 Å². The maximum absolute atomic E-state index is 14.2. The maximum Gasteiger partial charge on any atom is 0.255 e. The van der Waals surface area contributed by atoms with E-state index < -0.39 is 11.6 Å². The zero-order valence-electron chi connectivity index (χ0n) is 17.2. The van der Waals surface area contributed by atoms with Crippen molar-refractivity contribution in [2.24, 2.45) is 0 Å². The lowest BCUT2D eigenvalue weighted by Gasteiger charge is -2.08. The summed E-state index contributed by atoms with van der Waals surface area (Å²) < 4.78 is 28.7. The molecular weight excluding hydrogens is 386 g/mol. The molecule has 0 aliphatic rings. The number of carbonyl (C=O) groups is 1. The van der Waals surface area contributed by atoms with Gasteiger partial charge in [-0.3, -0.25) is 4.79 Å². The summed E-state index contributed by atoms with van der Waals surface area (Å²) in [6, 6.07) is 9.30. The fraction of sp³-hybridized carbons (Fsp3) is 0.217. The zero-order valence-corrected chi connectivity index (χ0v) is 17.2. The number of rotatable bonds is 4. The summed E-state index contributed by atoms with van der Waals surface area (Å²) in [6.45, 7) is 7.83. The van der Waals surface area contributed by atoms with Crippen LogP contribution in [0.15, 0.2) is 36.4 Å². The molecule has 7 heteroatoms. The highest BCUT2D eigenvalue weighted by molar-refractivity contribution is 5.96. The molecule has 4 aromatic rings. The van der Waals surface area contributed by atoms with E-state index in [0.717, 1.165) is 34.3 Å². The smallest absolute Gasteiger partial charge is 0.255 e. The number of benzene rings is 2. The Kier molecular flexibility index (Phi) is 4.89. The predicted molar refractivity (Wildman–Crippen MR) is 112 cm³/mol. The first-order valence-electron chi connectivity index (χ1n) is 9.64. The van der Waals surface area contributed by atoms with Crippen molar-refractivity contribution in [2.45, 2.75) is 34.2 Å². The van der Waals surface area contributed by atoms with Crippen molar-refractivity contribution in [2.75, 3.05) is 0 Å². The lowest BCUT2D eigenvalue weighted by molar-refractivity contribution is 0.0949. The Morgan fingerprint density at radius 1 is 1.10 bits per heavy atom. The van der Waals surface area contributed by atoms with Crippen molar-refractivity contribution in [1.29, 1.82) is 0 Å². The third-order valence-corrected chi connectivity index (χ3v) is 5.48. The fourth-order valence-electron chi connectivity index (χ4n) is 3.75. The Labute approximate surface area is 172 Å². The molecule has 30 heavy (non-hydrogen) atoms. The van der Waals surface area contributed by atoms with Gasteiger partial charge in [-0.2, -0.15) is 5.10 Å². The summed E-state index contributed by atoms with van der Waals surface area (Å²) in [5.74, 6) is -1.69. The van der Waals surface area contributed by atoms with Crippen molar-refractivity contribution >= 4 is 16.8 Å². The second-order valence-corrected chi connectivity index (χ2v) is 7.49. The molecule has 0 atom stereocenters. The van der Waals surface area contributed by atoms with Crippen LogP contribution in [0, 0.1) is 39.3 Å². The summed E-state index contributed by atoms with van der Waals surface area (Å²) in [4.78, 5) is 16.2. The van der Waals surface area contributed by atoms with Crippen LogP contribution in [0.5, 0.6) is 0 Å². The topological polar surface area (TPSA) is 62.7 Å². The summed E-state index contributed by atoms with van der Waals surface area (Å²) in [6.07, 6.45) is 0. The van der Waals surface area contributed by atoms with Crippen molar-refractivity contribution < 1.29 is 13.6 Å². The number of nitrogens with one attached hydrogen (secondary N) is 2. The first-order valence-corrected chi connectivity index (χ1v) is 9.64. The van der Waals surface area contributed by atoms with Crippen LogP contribution in [0.25, 0.3) is 16.6 Å². The fourth-order valence-corrected chi connectivity index (χ4v) is 3.75. The quantitative estimate of drug-likeness (QED) is 0.510. The Hall–Kier alpha value is -3.48. The van der Waals surface area contributed by atoms with Crippen LogP contribution in [0.1, 0.15) is 38.6 Å². The molecule has 5 nitrogen and oxygen atoms in total. The molecule has 0 aliphatic carbocycles. The molecule has 4 rings (SSSR count). The number of nitrogens with zero attached hydrogens (tertiary/aromatic N) is 2. The molecule has 2 aromatic carbocycles. The standard InChI is InChI=1S/C23H22F2N4O/c1-12-13(2)27-20-7-5-16(9-18(12)20)11-26-23(30)22-14(3)28-29(15(22)4)21-8-6-17(24)10-19(21)25/h5-10,27H,11H2,1-4H3,(H,26,30). The summed E-state index contributed by atoms with van der Waals surface area (Å²) in [5, 5.41) is 8.34. The number of H-pyrrole nitrogens is 1. The van der Waals surface area contributed by atoms with Crippen molar-refractivity contribution in [3.63, 3.8) is 0 Å². The monoisotopic (exact) mass is 408 g/mol. The molecule has 2 aromatic heterocycles. The number of aromatic nitrogens is 3. The van der Waals surface area contributed by atoms with E-state index in [2.05, 4.69) is 28.4 Å². The predicted octanol–water partition coefficient (Wildman–Crippen LogP) is 4.80. The molecule has 1 amide bonds. The Bertz CT molecular complexity index is 1290. The minimum Gasteiger partial charge on any atom is -0.358 e. The van der Waals surface area contributed by atoms with Gasteiger partial charge in [-0.05, 0) is 63.1 Å². The Balaban J connectivity index is 1.58. The van der Waals surface area contributed by atoms with Crippen LogP contribution in [0.2, 0.25) is 0 Å². The molecule has 0 aliphatic heterocycles. The minimum atomic E-state index is -0.738. The maximum atomic E-state index is 14.2. The summed E-state index contributed by atoms with van der Waals surface area (Å²) in [7, 11) is 0. The molecule has 154 valence electrons. The largest absolute Gasteiger partial charge is 0.358 e. The second-order valence-electron chi connectivity index (χ2n) is 7.49. The number of fused-ring (bicyclic) bond motifs is 1. The van der Waals surface area contributed by atoms with Gasteiger partial charge in [0.2, 0.25) is 0 Å². The summed E-state index contributed by atoms with van der Waals surface area (Å²) >= 11 is 0. The van der Waals surface area contributed by atoms with Crippen LogP contribution in [0.3, 0.4) is 0 Å². The SMILES string of the molecule is Cc1nn(-c2ccc(F)cc2F)c(C)c1C(=O)NCc1ccc2[nH]c(C)c(C)c2c1. The number of hydrogen-bond acceptors (Lipinski definition) is 2.